The number of fused-ring (bicyclic) bond motifs is 2. The van der Waals surface area contributed by atoms with E-state index in [0.29, 0.717) is 52.1 Å². The van der Waals surface area contributed by atoms with E-state index < -0.39 is 0 Å². The van der Waals surface area contributed by atoms with Crippen LogP contribution in [-0.2, 0) is 4.79 Å². The summed E-state index contributed by atoms with van der Waals surface area (Å²) in [6, 6.07) is 21.8. The number of amides is 1. The van der Waals surface area contributed by atoms with Crippen LogP contribution in [-0.4, -0.2) is 34.4 Å². The molecule has 8 heteroatoms. The number of hydrogen-bond donors (Lipinski definition) is 1. The Kier molecular flexibility index (Phi) is 5.51. The third kappa shape index (κ3) is 4.04. The van der Waals surface area contributed by atoms with E-state index in [2.05, 4.69) is 10.3 Å². The van der Waals surface area contributed by atoms with Crippen LogP contribution in [0.5, 0.6) is 11.5 Å². The summed E-state index contributed by atoms with van der Waals surface area (Å²) < 4.78 is 12.6. The lowest BCUT2D eigenvalue weighted by atomic mass is 10.2. The zero-order chi connectivity index (χ0) is 21.9. The molecule has 0 saturated carbocycles. The van der Waals surface area contributed by atoms with Crippen LogP contribution >= 0.6 is 11.8 Å². The van der Waals surface area contributed by atoms with Crippen molar-refractivity contribution in [2.24, 2.45) is 0 Å². The fourth-order valence-electron chi connectivity index (χ4n) is 3.46. The number of nitrogens with one attached hydrogen (secondary N) is 1. The van der Waals surface area contributed by atoms with Gasteiger partial charge in [0, 0.05) is 11.8 Å². The highest BCUT2D eigenvalue weighted by atomic mass is 32.2. The molecule has 5 rings (SSSR count). The molecular formula is C24H19N3O4S. The molecule has 0 bridgehead atoms. The maximum Gasteiger partial charge on any atom is 0.266 e. The Bertz CT molecular complexity index is 1350. The van der Waals surface area contributed by atoms with Crippen LogP contribution in [0.15, 0.2) is 82.7 Å². The van der Waals surface area contributed by atoms with Gasteiger partial charge in [0.2, 0.25) is 5.91 Å². The minimum atomic E-state index is -0.214. The van der Waals surface area contributed by atoms with Crippen molar-refractivity contribution in [3.05, 3.63) is 83.2 Å². The Labute approximate surface area is 188 Å². The molecular weight excluding hydrogens is 426 g/mol. The number of aromatic nitrogens is 2. The summed E-state index contributed by atoms with van der Waals surface area (Å²) in [5, 5.41) is 3.85. The number of nitrogens with zero attached hydrogens (tertiary/aromatic N) is 2. The van der Waals surface area contributed by atoms with Gasteiger partial charge < -0.3 is 14.8 Å². The number of carbonyl (C=O) groups is 1. The van der Waals surface area contributed by atoms with E-state index in [9.17, 15) is 9.59 Å². The van der Waals surface area contributed by atoms with Crippen LogP contribution in [0.4, 0.5) is 5.69 Å². The number of thioether (sulfide) groups is 1. The zero-order valence-electron chi connectivity index (χ0n) is 17.0. The second-order valence-corrected chi connectivity index (χ2v) is 8.03. The number of ether oxygens (including phenoxy) is 2. The predicted molar refractivity (Wildman–Crippen MR) is 124 cm³/mol. The molecule has 0 unspecified atom stereocenters. The van der Waals surface area contributed by atoms with Crippen LogP contribution in [0, 0.1) is 0 Å². The summed E-state index contributed by atoms with van der Waals surface area (Å²) >= 11 is 1.21. The summed E-state index contributed by atoms with van der Waals surface area (Å²) in [7, 11) is 0. The second kappa shape index (κ2) is 8.76. The molecule has 32 heavy (non-hydrogen) atoms. The first-order valence-electron chi connectivity index (χ1n) is 10.1. The number of anilines is 1. The SMILES string of the molecule is O=C(CSc1nc2ccccc2c(=O)n1-c1ccccc1)Nc1ccc2c(c1)OCCO2. The van der Waals surface area contributed by atoms with E-state index in [1.54, 1.807) is 34.9 Å². The highest BCUT2D eigenvalue weighted by Gasteiger charge is 2.16. The Morgan fingerprint density at radius 1 is 0.969 bits per heavy atom. The largest absolute Gasteiger partial charge is 0.486 e. The third-order valence-electron chi connectivity index (χ3n) is 4.92. The molecule has 0 radical (unpaired) electrons. The topological polar surface area (TPSA) is 82.5 Å². The Morgan fingerprint density at radius 2 is 1.72 bits per heavy atom. The van der Waals surface area contributed by atoms with Crippen molar-refractivity contribution in [1.29, 1.82) is 0 Å². The van der Waals surface area contributed by atoms with Crippen LogP contribution in [0.1, 0.15) is 0 Å². The molecule has 7 nitrogen and oxygen atoms in total. The lowest BCUT2D eigenvalue weighted by molar-refractivity contribution is -0.113. The molecule has 4 aromatic rings. The molecule has 0 spiro atoms. The molecule has 2 heterocycles. The van der Waals surface area contributed by atoms with Gasteiger partial charge in [-0.2, -0.15) is 0 Å². The van der Waals surface area contributed by atoms with Crippen LogP contribution in [0.3, 0.4) is 0 Å². The first-order valence-corrected chi connectivity index (χ1v) is 11.1. The highest BCUT2D eigenvalue weighted by Crippen LogP contribution is 2.32. The average molecular weight is 446 g/mol. The fraction of sp³-hybridized carbons (Fsp3) is 0.125. The van der Waals surface area contributed by atoms with Gasteiger partial charge in [0.15, 0.2) is 16.7 Å². The van der Waals surface area contributed by atoms with Gasteiger partial charge in [-0.3, -0.25) is 14.2 Å². The van der Waals surface area contributed by atoms with E-state index in [-0.39, 0.29) is 17.2 Å². The van der Waals surface area contributed by atoms with Crippen molar-refractivity contribution in [2.75, 3.05) is 24.3 Å². The molecule has 1 amide bonds. The van der Waals surface area contributed by atoms with Crippen molar-refractivity contribution in [2.45, 2.75) is 5.16 Å². The number of para-hydroxylation sites is 2. The Hall–Kier alpha value is -3.78. The number of rotatable bonds is 5. The summed E-state index contributed by atoms with van der Waals surface area (Å²) in [6.45, 7) is 0.988. The van der Waals surface area contributed by atoms with E-state index in [1.807, 2.05) is 42.5 Å². The van der Waals surface area contributed by atoms with Crippen LogP contribution in [0.2, 0.25) is 0 Å². The van der Waals surface area contributed by atoms with Gasteiger partial charge in [-0.25, -0.2) is 4.98 Å². The van der Waals surface area contributed by atoms with E-state index >= 15 is 0 Å². The molecule has 1 aliphatic heterocycles. The maximum absolute atomic E-state index is 13.2. The van der Waals surface area contributed by atoms with Gasteiger partial charge in [-0.15, -0.1) is 0 Å². The van der Waals surface area contributed by atoms with Crippen molar-refractivity contribution in [3.8, 4) is 17.2 Å². The normalized spacial score (nSPS) is 12.5. The minimum absolute atomic E-state index is 0.0893. The maximum atomic E-state index is 13.2. The predicted octanol–water partition coefficient (Wildman–Crippen LogP) is 3.89. The summed E-state index contributed by atoms with van der Waals surface area (Å²) in [4.78, 5) is 30.5. The summed E-state index contributed by atoms with van der Waals surface area (Å²) in [5.41, 5.74) is 1.74. The molecule has 0 saturated heterocycles. The third-order valence-corrected chi connectivity index (χ3v) is 5.86. The van der Waals surface area contributed by atoms with Crippen molar-refractivity contribution >= 4 is 34.3 Å². The summed E-state index contributed by atoms with van der Waals surface area (Å²) in [5.74, 6) is 1.15. The second-order valence-electron chi connectivity index (χ2n) is 7.08. The molecule has 160 valence electrons. The quantitative estimate of drug-likeness (QED) is 0.371. The van der Waals surface area contributed by atoms with E-state index in [4.69, 9.17) is 9.47 Å². The van der Waals surface area contributed by atoms with Gasteiger partial charge in [-0.05, 0) is 36.4 Å². The number of carbonyl (C=O) groups excluding carboxylic acids is 1. The standard InChI is InChI=1S/C24H19N3O4S/c28-22(25-16-10-11-20-21(14-16)31-13-12-30-20)15-32-24-26-19-9-5-4-8-18(19)23(29)27(24)17-6-2-1-3-7-17/h1-11,14H,12-13,15H2,(H,25,28). The van der Waals surface area contributed by atoms with Gasteiger partial charge in [-0.1, -0.05) is 42.1 Å². The lowest BCUT2D eigenvalue weighted by Crippen LogP contribution is -2.23. The number of hydrogen-bond acceptors (Lipinski definition) is 6. The monoisotopic (exact) mass is 445 g/mol. The molecule has 1 aromatic heterocycles. The van der Waals surface area contributed by atoms with E-state index in [0.717, 1.165) is 0 Å². The molecule has 0 fully saturated rings. The first kappa shape index (κ1) is 20.1. The molecule has 3 aromatic carbocycles. The Balaban J connectivity index is 1.40. The number of benzene rings is 3. The van der Waals surface area contributed by atoms with Crippen LogP contribution in [0.25, 0.3) is 16.6 Å². The average Bonchev–Trinajstić information content (AvgIpc) is 2.83. The van der Waals surface area contributed by atoms with E-state index in [1.165, 1.54) is 11.8 Å². The van der Waals surface area contributed by atoms with Gasteiger partial charge in [0.05, 0.1) is 22.3 Å². The smallest absolute Gasteiger partial charge is 0.266 e. The Morgan fingerprint density at radius 3 is 2.56 bits per heavy atom. The van der Waals surface area contributed by atoms with Crippen molar-refractivity contribution < 1.29 is 14.3 Å². The molecule has 1 N–H and O–H groups in total. The molecule has 0 atom stereocenters. The van der Waals surface area contributed by atoms with Gasteiger partial charge in [0.1, 0.15) is 13.2 Å². The van der Waals surface area contributed by atoms with Crippen LogP contribution < -0.4 is 20.3 Å². The van der Waals surface area contributed by atoms with Gasteiger partial charge >= 0.3 is 0 Å². The first-order chi connectivity index (χ1) is 15.7. The molecule has 0 aliphatic carbocycles. The molecule has 1 aliphatic rings. The lowest BCUT2D eigenvalue weighted by Gasteiger charge is -2.19. The highest BCUT2D eigenvalue weighted by molar-refractivity contribution is 7.99. The minimum Gasteiger partial charge on any atom is -0.486 e. The zero-order valence-corrected chi connectivity index (χ0v) is 17.8. The van der Waals surface area contributed by atoms with Crippen molar-refractivity contribution in [3.63, 3.8) is 0 Å². The summed E-state index contributed by atoms with van der Waals surface area (Å²) in [6.07, 6.45) is 0. The fourth-order valence-corrected chi connectivity index (χ4v) is 4.27. The van der Waals surface area contributed by atoms with Crippen molar-refractivity contribution in [1.82, 2.24) is 9.55 Å². The van der Waals surface area contributed by atoms with Gasteiger partial charge in [0.25, 0.3) is 5.56 Å².